The van der Waals surface area contributed by atoms with Gasteiger partial charge in [0.2, 0.25) is 0 Å². The summed E-state index contributed by atoms with van der Waals surface area (Å²) in [5.74, 6) is 0.873. The molecule has 0 amide bonds. The van der Waals surface area contributed by atoms with E-state index in [0.717, 1.165) is 51.0 Å². The summed E-state index contributed by atoms with van der Waals surface area (Å²) in [4.78, 5) is 8.52. The first-order chi connectivity index (χ1) is 12.8. The van der Waals surface area contributed by atoms with Crippen molar-refractivity contribution in [3.05, 3.63) is 54.1 Å². The summed E-state index contributed by atoms with van der Waals surface area (Å²) < 4.78 is 12.1. The maximum atomic E-state index is 6.23. The van der Waals surface area contributed by atoms with Crippen LogP contribution in [0.2, 0.25) is 0 Å². The Balaban J connectivity index is 1.21. The van der Waals surface area contributed by atoms with Crippen molar-refractivity contribution in [2.75, 3.05) is 13.2 Å². The van der Waals surface area contributed by atoms with E-state index in [1.807, 2.05) is 24.7 Å². The molecule has 4 rings (SSSR count). The molecule has 5 heteroatoms. The summed E-state index contributed by atoms with van der Waals surface area (Å²) in [5, 5.41) is 3.35. The molecule has 4 heterocycles. The van der Waals surface area contributed by atoms with E-state index < -0.39 is 0 Å². The molecular formula is C21H27N3O2. The Bertz CT molecular complexity index is 691. The highest BCUT2D eigenvalue weighted by Gasteiger charge is 2.25. The van der Waals surface area contributed by atoms with Gasteiger partial charge in [-0.25, -0.2) is 0 Å². The van der Waals surface area contributed by atoms with Crippen LogP contribution >= 0.6 is 0 Å². The number of aryl methyl sites for hydroxylation is 1. The van der Waals surface area contributed by atoms with Crippen LogP contribution in [0, 0.1) is 0 Å². The van der Waals surface area contributed by atoms with Crippen molar-refractivity contribution in [3.8, 4) is 5.75 Å². The van der Waals surface area contributed by atoms with Crippen molar-refractivity contribution in [1.82, 2.24) is 15.3 Å². The zero-order valence-electron chi connectivity index (χ0n) is 15.1. The van der Waals surface area contributed by atoms with Crippen molar-refractivity contribution in [1.29, 1.82) is 0 Å². The van der Waals surface area contributed by atoms with Gasteiger partial charge in [0.15, 0.2) is 0 Å². The molecule has 0 bridgehead atoms. The van der Waals surface area contributed by atoms with Gasteiger partial charge in [-0.05, 0) is 61.9 Å². The van der Waals surface area contributed by atoms with Gasteiger partial charge in [-0.1, -0.05) is 6.07 Å². The van der Waals surface area contributed by atoms with E-state index in [0.29, 0.717) is 18.2 Å². The molecule has 5 nitrogen and oxygen atoms in total. The van der Waals surface area contributed by atoms with Crippen LogP contribution in [0.3, 0.4) is 0 Å². The molecule has 3 unspecified atom stereocenters. The molecule has 2 aromatic rings. The third-order valence-corrected chi connectivity index (χ3v) is 5.28. The van der Waals surface area contributed by atoms with E-state index in [1.54, 1.807) is 6.20 Å². The van der Waals surface area contributed by atoms with E-state index in [9.17, 15) is 0 Å². The zero-order valence-corrected chi connectivity index (χ0v) is 15.1. The van der Waals surface area contributed by atoms with Crippen LogP contribution in [0.4, 0.5) is 0 Å². The monoisotopic (exact) mass is 353 g/mol. The molecular weight excluding hydrogens is 326 g/mol. The van der Waals surface area contributed by atoms with Crippen molar-refractivity contribution < 1.29 is 9.47 Å². The molecule has 0 saturated carbocycles. The van der Waals surface area contributed by atoms with Crippen LogP contribution in [0.15, 0.2) is 43.0 Å². The fraction of sp³-hybridized carbons (Fsp3) is 0.524. The van der Waals surface area contributed by atoms with Gasteiger partial charge in [-0.2, -0.15) is 0 Å². The Morgan fingerprint density at radius 3 is 2.77 bits per heavy atom. The first-order valence-corrected chi connectivity index (χ1v) is 9.69. The number of hydrogen-bond acceptors (Lipinski definition) is 5. The van der Waals surface area contributed by atoms with Gasteiger partial charge in [0.05, 0.1) is 18.4 Å². The summed E-state index contributed by atoms with van der Waals surface area (Å²) in [6.45, 7) is 1.84. The van der Waals surface area contributed by atoms with E-state index in [-0.39, 0.29) is 0 Å². The molecule has 2 aliphatic rings. The molecule has 0 aliphatic carbocycles. The van der Waals surface area contributed by atoms with Gasteiger partial charge >= 0.3 is 0 Å². The molecule has 2 aromatic heterocycles. The third-order valence-electron chi connectivity index (χ3n) is 5.28. The van der Waals surface area contributed by atoms with Crippen LogP contribution in [0.5, 0.6) is 5.75 Å². The quantitative estimate of drug-likeness (QED) is 0.791. The molecule has 0 aromatic carbocycles. The van der Waals surface area contributed by atoms with E-state index in [2.05, 4.69) is 27.4 Å². The second kappa shape index (κ2) is 8.60. The van der Waals surface area contributed by atoms with Crippen molar-refractivity contribution in [2.24, 2.45) is 0 Å². The molecule has 3 atom stereocenters. The lowest BCUT2D eigenvalue weighted by Gasteiger charge is -2.27. The Morgan fingerprint density at radius 1 is 1.08 bits per heavy atom. The number of nitrogens with zero attached hydrogens (tertiary/aromatic N) is 2. The van der Waals surface area contributed by atoms with Gasteiger partial charge in [-0.15, -0.1) is 0 Å². The van der Waals surface area contributed by atoms with Crippen LogP contribution in [0.1, 0.15) is 36.8 Å². The largest absolute Gasteiger partial charge is 0.490 e. The first kappa shape index (κ1) is 17.4. The van der Waals surface area contributed by atoms with Crippen LogP contribution in [-0.2, 0) is 17.6 Å². The van der Waals surface area contributed by atoms with Crippen molar-refractivity contribution >= 4 is 0 Å². The predicted molar refractivity (Wildman–Crippen MR) is 100 cm³/mol. The molecule has 26 heavy (non-hydrogen) atoms. The lowest BCUT2D eigenvalue weighted by molar-refractivity contribution is 0.0412. The minimum atomic E-state index is 0.326. The van der Waals surface area contributed by atoms with Gasteiger partial charge in [0.1, 0.15) is 12.4 Å². The highest BCUT2D eigenvalue weighted by Crippen LogP contribution is 2.26. The fourth-order valence-electron chi connectivity index (χ4n) is 3.62. The SMILES string of the molecule is c1cncc(CC2CCC(CCc3cncc(OCC4CCN4)c3)O2)c1. The lowest BCUT2D eigenvalue weighted by atomic mass is 10.0. The normalized spacial score (nSPS) is 25.0. The van der Waals surface area contributed by atoms with Gasteiger partial charge in [-0.3, -0.25) is 9.97 Å². The molecule has 2 fully saturated rings. The molecule has 138 valence electrons. The second-order valence-electron chi connectivity index (χ2n) is 7.34. The average Bonchev–Trinajstić information content (AvgIpc) is 3.07. The molecule has 0 spiro atoms. The maximum absolute atomic E-state index is 6.23. The van der Waals surface area contributed by atoms with E-state index in [4.69, 9.17) is 9.47 Å². The number of aromatic nitrogens is 2. The van der Waals surface area contributed by atoms with E-state index in [1.165, 1.54) is 17.5 Å². The molecule has 2 saturated heterocycles. The topological polar surface area (TPSA) is 56.3 Å². The number of nitrogens with one attached hydrogen (secondary N) is 1. The Hall–Kier alpha value is -1.98. The summed E-state index contributed by atoms with van der Waals surface area (Å²) in [7, 11) is 0. The van der Waals surface area contributed by atoms with Gasteiger partial charge < -0.3 is 14.8 Å². The van der Waals surface area contributed by atoms with Crippen LogP contribution in [-0.4, -0.2) is 41.4 Å². The number of pyridine rings is 2. The average molecular weight is 353 g/mol. The lowest BCUT2D eigenvalue weighted by Crippen LogP contribution is -2.46. The van der Waals surface area contributed by atoms with Gasteiger partial charge in [0, 0.05) is 31.1 Å². The minimum Gasteiger partial charge on any atom is -0.490 e. The zero-order chi connectivity index (χ0) is 17.6. The number of rotatable bonds is 8. The second-order valence-corrected chi connectivity index (χ2v) is 7.34. The summed E-state index contributed by atoms with van der Waals surface area (Å²) >= 11 is 0. The minimum absolute atomic E-state index is 0.326. The highest BCUT2D eigenvalue weighted by atomic mass is 16.5. The molecule has 2 aliphatic heterocycles. The maximum Gasteiger partial charge on any atom is 0.137 e. The Morgan fingerprint density at radius 2 is 1.96 bits per heavy atom. The van der Waals surface area contributed by atoms with Crippen molar-refractivity contribution in [3.63, 3.8) is 0 Å². The summed E-state index contributed by atoms with van der Waals surface area (Å²) in [6, 6.07) is 6.74. The smallest absolute Gasteiger partial charge is 0.137 e. The number of ether oxygens (including phenoxy) is 2. The Kier molecular flexibility index (Phi) is 5.77. The number of hydrogen-bond donors (Lipinski definition) is 1. The molecule has 0 radical (unpaired) electrons. The van der Waals surface area contributed by atoms with Gasteiger partial charge in [0.25, 0.3) is 0 Å². The summed E-state index contributed by atoms with van der Waals surface area (Å²) in [5.41, 5.74) is 2.48. The fourth-order valence-corrected chi connectivity index (χ4v) is 3.62. The van der Waals surface area contributed by atoms with Crippen LogP contribution in [0.25, 0.3) is 0 Å². The highest BCUT2D eigenvalue weighted by molar-refractivity contribution is 5.24. The standard InChI is InChI=1S/C21H27N3O2/c1-2-16(12-22-8-1)10-20-6-5-19(26-20)4-3-17-11-21(14-23-13-17)25-15-18-7-9-24-18/h1-2,8,11-14,18-20,24H,3-7,9-10,15H2. The first-order valence-electron chi connectivity index (χ1n) is 9.69. The summed E-state index contributed by atoms with van der Waals surface area (Å²) in [6.07, 6.45) is 14.6. The Labute approximate surface area is 155 Å². The third kappa shape index (κ3) is 4.80. The predicted octanol–water partition coefficient (Wildman–Crippen LogP) is 2.94. The van der Waals surface area contributed by atoms with E-state index >= 15 is 0 Å². The van der Waals surface area contributed by atoms with Crippen molar-refractivity contribution in [2.45, 2.75) is 56.8 Å². The molecule has 1 N–H and O–H groups in total. The van der Waals surface area contributed by atoms with Crippen LogP contribution < -0.4 is 10.1 Å².